The molecule has 5 atom stereocenters. The van der Waals surface area contributed by atoms with E-state index in [-0.39, 0.29) is 0 Å². The summed E-state index contributed by atoms with van der Waals surface area (Å²) in [5.74, 6) is 2.19. The largest absolute Gasteiger partial charge is 0.383 e. The SMILES string of the molecule is C=C/C(=C\N(C)C)c1cccc(-c2ccc(C(/C=C\C)=NC(=C)C)c(NC3C4CCC45C(N)CC35)n2)c1. The van der Waals surface area contributed by atoms with Crippen molar-refractivity contribution in [3.05, 3.63) is 90.8 Å². The third-order valence-electron chi connectivity index (χ3n) is 8.55. The van der Waals surface area contributed by atoms with Crippen molar-refractivity contribution in [2.24, 2.45) is 28.0 Å². The van der Waals surface area contributed by atoms with E-state index in [1.165, 1.54) is 12.8 Å². The van der Waals surface area contributed by atoms with E-state index < -0.39 is 0 Å². The molecule has 0 radical (unpaired) electrons. The predicted molar refractivity (Wildman–Crippen MR) is 156 cm³/mol. The molecule has 3 aliphatic carbocycles. The highest BCUT2D eigenvalue weighted by Crippen LogP contribution is 2.74. The fourth-order valence-electron chi connectivity index (χ4n) is 6.78. The molecule has 1 spiro atoms. The van der Waals surface area contributed by atoms with Crippen molar-refractivity contribution in [3.63, 3.8) is 0 Å². The van der Waals surface area contributed by atoms with Crippen molar-refractivity contribution >= 4 is 17.1 Å². The van der Waals surface area contributed by atoms with Gasteiger partial charge in [0.1, 0.15) is 5.82 Å². The minimum absolute atomic E-state index is 0.369. The third-order valence-corrected chi connectivity index (χ3v) is 8.55. The van der Waals surface area contributed by atoms with Gasteiger partial charge >= 0.3 is 0 Å². The number of pyridine rings is 1. The molecule has 2 aromatic rings. The van der Waals surface area contributed by atoms with Crippen LogP contribution in [0.1, 0.15) is 44.2 Å². The van der Waals surface area contributed by atoms with Crippen molar-refractivity contribution in [2.45, 2.75) is 45.2 Å². The molecule has 3 saturated carbocycles. The molecular weight excluding hydrogens is 454 g/mol. The van der Waals surface area contributed by atoms with Gasteiger partial charge in [0.25, 0.3) is 0 Å². The van der Waals surface area contributed by atoms with Crippen LogP contribution >= 0.6 is 0 Å². The quantitative estimate of drug-likeness (QED) is 0.319. The van der Waals surface area contributed by atoms with Crippen LogP contribution < -0.4 is 11.1 Å². The number of rotatable bonds is 9. The zero-order valence-corrected chi connectivity index (χ0v) is 22.5. The topological polar surface area (TPSA) is 66.5 Å². The first-order valence-corrected chi connectivity index (χ1v) is 13.3. The Labute approximate surface area is 221 Å². The molecule has 1 aromatic heterocycles. The average Bonchev–Trinajstić information content (AvgIpc) is 2.84. The maximum Gasteiger partial charge on any atom is 0.136 e. The molecule has 3 N–H and O–H groups in total. The molecule has 5 rings (SSSR count). The van der Waals surface area contributed by atoms with Gasteiger partial charge in [0.15, 0.2) is 0 Å². The van der Waals surface area contributed by atoms with Crippen molar-refractivity contribution in [3.8, 4) is 11.3 Å². The molecule has 3 fully saturated rings. The summed E-state index contributed by atoms with van der Waals surface area (Å²) in [4.78, 5) is 12.0. The normalized spacial score (nSPS) is 28.4. The van der Waals surface area contributed by atoms with Gasteiger partial charge in [-0.15, -0.1) is 0 Å². The molecule has 1 aromatic carbocycles. The van der Waals surface area contributed by atoms with Crippen molar-refractivity contribution in [1.82, 2.24) is 9.88 Å². The zero-order valence-electron chi connectivity index (χ0n) is 22.5. The molecule has 1 heterocycles. The van der Waals surface area contributed by atoms with Crippen LogP contribution in [0.5, 0.6) is 0 Å². The first-order chi connectivity index (χ1) is 17.8. The van der Waals surface area contributed by atoms with Crippen molar-refractivity contribution in [1.29, 1.82) is 0 Å². The number of anilines is 1. The first kappa shape index (κ1) is 25.2. The second-order valence-electron chi connectivity index (χ2n) is 11.0. The molecule has 0 bridgehead atoms. The fourth-order valence-corrected chi connectivity index (χ4v) is 6.78. The van der Waals surface area contributed by atoms with Crippen LogP contribution in [-0.4, -0.2) is 41.8 Å². The van der Waals surface area contributed by atoms with Gasteiger partial charge in [0.2, 0.25) is 0 Å². The summed E-state index contributed by atoms with van der Waals surface area (Å²) in [6.07, 6.45) is 11.7. The summed E-state index contributed by atoms with van der Waals surface area (Å²) in [5, 5.41) is 3.88. The van der Waals surface area contributed by atoms with Gasteiger partial charge in [-0.3, -0.25) is 4.99 Å². The summed E-state index contributed by atoms with van der Waals surface area (Å²) in [5.41, 5.74) is 13.7. The number of aromatic nitrogens is 1. The van der Waals surface area contributed by atoms with Crippen molar-refractivity contribution < 1.29 is 0 Å². The maximum atomic E-state index is 6.45. The van der Waals surface area contributed by atoms with Crippen LogP contribution in [0.25, 0.3) is 16.8 Å². The van der Waals surface area contributed by atoms with Gasteiger partial charge in [-0.05, 0) is 85.8 Å². The summed E-state index contributed by atoms with van der Waals surface area (Å²) in [6, 6.07) is 13.5. The van der Waals surface area contributed by atoms with Gasteiger partial charge in [0, 0.05) is 49.2 Å². The highest BCUT2D eigenvalue weighted by molar-refractivity contribution is 6.12. The van der Waals surface area contributed by atoms with E-state index in [9.17, 15) is 0 Å². The van der Waals surface area contributed by atoms with E-state index in [4.69, 9.17) is 15.7 Å². The fraction of sp³-hybridized carbons (Fsp3) is 0.375. The van der Waals surface area contributed by atoms with Crippen molar-refractivity contribution in [2.75, 3.05) is 19.4 Å². The summed E-state index contributed by atoms with van der Waals surface area (Å²) in [6.45, 7) is 12.0. The highest BCUT2D eigenvalue weighted by Gasteiger charge is 2.74. The van der Waals surface area contributed by atoms with Gasteiger partial charge in [-0.2, -0.15) is 0 Å². The summed E-state index contributed by atoms with van der Waals surface area (Å²) in [7, 11) is 4.04. The molecule has 3 aliphatic rings. The maximum absolute atomic E-state index is 6.45. The number of nitrogens with zero attached hydrogens (tertiary/aromatic N) is 3. The smallest absolute Gasteiger partial charge is 0.136 e. The van der Waals surface area contributed by atoms with E-state index in [1.807, 2.05) is 51.1 Å². The lowest BCUT2D eigenvalue weighted by Crippen LogP contribution is -2.81. The minimum Gasteiger partial charge on any atom is -0.383 e. The number of nitrogens with one attached hydrogen (secondary N) is 1. The van der Waals surface area contributed by atoms with Crippen LogP contribution in [0, 0.1) is 17.3 Å². The number of allylic oxidation sites excluding steroid dienone is 5. The Morgan fingerprint density at radius 3 is 2.65 bits per heavy atom. The number of hydrogen-bond acceptors (Lipinski definition) is 5. The molecule has 37 heavy (non-hydrogen) atoms. The minimum atomic E-state index is 0.369. The summed E-state index contributed by atoms with van der Waals surface area (Å²) >= 11 is 0. The van der Waals surface area contributed by atoms with E-state index >= 15 is 0 Å². The lowest BCUT2D eigenvalue weighted by molar-refractivity contribution is -0.239. The zero-order chi connectivity index (χ0) is 26.3. The predicted octanol–water partition coefficient (Wildman–Crippen LogP) is 6.27. The average molecular weight is 494 g/mol. The standard InChI is InChI=1S/C32H39N5/c1-7-10-28(34-20(3)4)24-13-14-27(23-12-9-11-22(17-23)21(8-2)19-37(5)6)35-31(24)36-30-25-15-16-32(25)26(30)18-29(32)33/h7-14,17,19,25-26,29-30H,2-3,15-16,18,33H2,1,4-6H3,(H,35,36)/b10-7-,21-19+,34-28?. The van der Waals surface area contributed by atoms with Crippen LogP contribution in [0.3, 0.4) is 0 Å². The molecule has 192 valence electrons. The number of nitrogens with two attached hydrogens (primary N) is 1. The molecule has 0 saturated heterocycles. The Bertz CT molecular complexity index is 1310. The van der Waals surface area contributed by atoms with Gasteiger partial charge in [0.05, 0.1) is 11.4 Å². The Morgan fingerprint density at radius 1 is 1.24 bits per heavy atom. The van der Waals surface area contributed by atoms with E-state index in [0.717, 1.165) is 51.6 Å². The second-order valence-corrected chi connectivity index (χ2v) is 11.0. The number of benzene rings is 1. The lowest BCUT2D eigenvalue weighted by atomic mass is 9.29. The Kier molecular flexibility index (Phi) is 6.67. The lowest BCUT2D eigenvalue weighted by Gasteiger charge is -2.78. The number of hydrogen-bond donors (Lipinski definition) is 2. The summed E-state index contributed by atoms with van der Waals surface area (Å²) < 4.78 is 0. The molecule has 5 nitrogen and oxygen atoms in total. The Hall–Kier alpha value is -3.44. The van der Waals surface area contributed by atoms with E-state index in [2.05, 4.69) is 61.1 Å². The highest BCUT2D eigenvalue weighted by atomic mass is 15.1. The molecule has 0 amide bonds. The van der Waals surface area contributed by atoms with Gasteiger partial charge in [-0.1, -0.05) is 43.5 Å². The molecule has 0 aliphatic heterocycles. The van der Waals surface area contributed by atoms with Crippen LogP contribution in [-0.2, 0) is 0 Å². The van der Waals surface area contributed by atoms with Crippen LogP contribution in [0.2, 0.25) is 0 Å². The molecule has 5 heteroatoms. The molecule has 5 unspecified atom stereocenters. The van der Waals surface area contributed by atoms with Crippen LogP contribution in [0.15, 0.2) is 84.7 Å². The third kappa shape index (κ3) is 4.25. The Balaban J connectivity index is 1.54. The Morgan fingerprint density at radius 2 is 2.05 bits per heavy atom. The van der Waals surface area contributed by atoms with Gasteiger partial charge in [-0.25, -0.2) is 4.98 Å². The second kappa shape index (κ2) is 9.79. The van der Waals surface area contributed by atoms with Crippen LogP contribution in [0.4, 0.5) is 5.82 Å². The van der Waals surface area contributed by atoms with E-state index in [0.29, 0.717) is 29.3 Å². The first-order valence-electron chi connectivity index (χ1n) is 13.3. The van der Waals surface area contributed by atoms with Gasteiger partial charge < -0.3 is 16.0 Å². The van der Waals surface area contributed by atoms with E-state index in [1.54, 1.807) is 0 Å². The monoisotopic (exact) mass is 493 g/mol. The number of aliphatic imine (C=N–C) groups is 1. The molecular formula is C32H39N5.